The van der Waals surface area contributed by atoms with Crippen LogP contribution in [0.2, 0.25) is 0 Å². The number of carbonyl (C=O) groups excluding carboxylic acids is 1. The van der Waals surface area contributed by atoms with Crippen molar-refractivity contribution in [1.29, 1.82) is 0 Å². The van der Waals surface area contributed by atoms with Crippen LogP contribution in [0.4, 0.5) is 0 Å². The van der Waals surface area contributed by atoms with Crippen molar-refractivity contribution >= 4 is 17.2 Å². The number of carbonyl (C=O) groups is 1. The van der Waals surface area contributed by atoms with Gasteiger partial charge in [-0.2, -0.15) is 0 Å². The molecular formula is C18H25N5OS. The number of nitrogens with zero attached hydrogens (tertiary/aromatic N) is 5. The monoisotopic (exact) mass is 359 g/mol. The lowest BCUT2D eigenvalue weighted by molar-refractivity contribution is 0.0727. The summed E-state index contributed by atoms with van der Waals surface area (Å²) in [6.45, 7) is 8.59. The third-order valence-electron chi connectivity index (χ3n) is 5.80. The zero-order chi connectivity index (χ0) is 17.6. The molecule has 1 aliphatic heterocycles. The second-order valence-corrected chi connectivity index (χ2v) is 8.69. The van der Waals surface area contributed by atoms with Crippen molar-refractivity contribution in [3.05, 3.63) is 27.7 Å². The van der Waals surface area contributed by atoms with Gasteiger partial charge in [0.25, 0.3) is 5.91 Å². The predicted molar refractivity (Wildman–Crippen MR) is 96.8 cm³/mol. The summed E-state index contributed by atoms with van der Waals surface area (Å²) in [5.74, 6) is 1.50. The van der Waals surface area contributed by atoms with Gasteiger partial charge in [-0.3, -0.25) is 4.79 Å². The summed E-state index contributed by atoms with van der Waals surface area (Å²) in [6.07, 6.45) is 6.51. The highest BCUT2D eigenvalue weighted by Crippen LogP contribution is 2.55. The summed E-state index contributed by atoms with van der Waals surface area (Å²) < 4.78 is 2.18. The topological polar surface area (TPSA) is 63.9 Å². The molecule has 3 heterocycles. The van der Waals surface area contributed by atoms with Crippen LogP contribution in [-0.4, -0.2) is 43.6 Å². The van der Waals surface area contributed by atoms with Gasteiger partial charge in [-0.1, -0.05) is 13.3 Å². The molecule has 2 fully saturated rings. The van der Waals surface area contributed by atoms with Gasteiger partial charge in [-0.15, -0.1) is 21.5 Å². The zero-order valence-electron chi connectivity index (χ0n) is 15.2. The van der Waals surface area contributed by atoms with Crippen molar-refractivity contribution in [1.82, 2.24) is 24.6 Å². The van der Waals surface area contributed by atoms with E-state index in [9.17, 15) is 4.79 Å². The van der Waals surface area contributed by atoms with Crippen molar-refractivity contribution in [2.24, 2.45) is 5.41 Å². The molecule has 1 unspecified atom stereocenters. The number of likely N-dealkylation sites (tertiary alicyclic amines) is 1. The fourth-order valence-corrected chi connectivity index (χ4v) is 5.32. The molecule has 2 aliphatic rings. The van der Waals surface area contributed by atoms with Crippen molar-refractivity contribution < 1.29 is 4.79 Å². The van der Waals surface area contributed by atoms with Crippen LogP contribution in [0.1, 0.15) is 64.7 Å². The molecule has 0 N–H and O–H groups in total. The Morgan fingerprint density at radius 3 is 2.80 bits per heavy atom. The maximum Gasteiger partial charge on any atom is 0.265 e. The Kier molecular flexibility index (Phi) is 4.14. The van der Waals surface area contributed by atoms with E-state index in [1.165, 1.54) is 30.6 Å². The highest BCUT2D eigenvalue weighted by molar-refractivity contribution is 7.13. The fourth-order valence-electron chi connectivity index (χ4n) is 4.44. The normalized spacial score (nSPS) is 21.7. The Morgan fingerprint density at radius 1 is 1.40 bits per heavy atom. The van der Waals surface area contributed by atoms with E-state index in [0.29, 0.717) is 5.92 Å². The quantitative estimate of drug-likeness (QED) is 0.841. The number of aryl methyl sites for hydroxylation is 3. The predicted octanol–water partition coefficient (Wildman–Crippen LogP) is 3.17. The minimum atomic E-state index is 0.137. The van der Waals surface area contributed by atoms with E-state index in [2.05, 4.69) is 26.7 Å². The summed E-state index contributed by atoms with van der Waals surface area (Å²) in [5.41, 5.74) is 1.05. The molecule has 6 nitrogen and oxygen atoms in total. The van der Waals surface area contributed by atoms with Gasteiger partial charge in [-0.05, 0) is 38.5 Å². The number of amides is 1. The van der Waals surface area contributed by atoms with Gasteiger partial charge >= 0.3 is 0 Å². The van der Waals surface area contributed by atoms with E-state index in [1.807, 2.05) is 25.1 Å². The van der Waals surface area contributed by atoms with Crippen molar-refractivity contribution in [2.75, 3.05) is 13.1 Å². The second kappa shape index (κ2) is 6.20. The Morgan fingerprint density at radius 2 is 2.20 bits per heavy atom. The number of hydrogen-bond donors (Lipinski definition) is 0. The molecule has 0 aromatic carbocycles. The summed E-state index contributed by atoms with van der Waals surface area (Å²) in [4.78, 5) is 20.3. The van der Waals surface area contributed by atoms with Crippen molar-refractivity contribution in [2.45, 2.75) is 58.9 Å². The number of aromatic nitrogens is 4. The van der Waals surface area contributed by atoms with E-state index in [4.69, 9.17) is 0 Å². The zero-order valence-corrected chi connectivity index (χ0v) is 16.0. The van der Waals surface area contributed by atoms with Crippen molar-refractivity contribution in [3.8, 4) is 0 Å². The average Bonchev–Trinajstić information content (AvgIpc) is 3.22. The maximum absolute atomic E-state index is 13.1. The van der Waals surface area contributed by atoms with Gasteiger partial charge in [0.2, 0.25) is 0 Å². The lowest BCUT2D eigenvalue weighted by atomic mass is 9.62. The van der Waals surface area contributed by atoms with Gasteiger partial charge in [-0.25, -0.2) is 4.98 Å². The average molecular weight is 359 g/mol. The molecule has 2 aromatic rings. The molecule has 25 heavy (non-hydrogen) atoms. The van der Waals surface area contributed by atoms with E-state index in [0.717, 1.165) is 47.5 Å². The van der Waals surface area contributed by atoms with Crippen LogP contribution in [0.5, 0.6) is 0 Å². The largest absolute Gasteiger partial charge is 0.337 e. The van der Waals surface area contributed by atoms with Crippen LogP contribution < -0.4 is 0 Å². The molecule has 1 amide bonds. The third-order valence-corrected chi connectivity index (χ3v) is 6.86. The Labute approximate surface area is 152 Å². The minimum absolute atomic E-state index is 0.137. The SMILES string of the molecule is CCCn1cnnc1C1CN(C(=O)c2sc(C)nc2C)CC12CCC2. The molecular weight excluding hydrogens is 334 g/mol. The summed E-state index contributed by atoms with van der Waals surface area (Å²) in [5, 5.41) is 9.56. The first-order chi connectivity index (χ1) is 12.0. The highest BCUT2D eigenvalue weighted by atomic mass is 32.1. The summed E-state index contributed by atoms with van der Waals surface area (Å²) in [6, 6.07) is 0. The van der Waals surface area contributed by atoms with Gasteiger partial charge in [0.15, 0.2) is 0 Å². The Bertz CT molecular complexity index is 791. The second-order valence-electron chi connectivity index (χ2n) is 7.48. The highest BCUT2D eigenvalue weighted by Gasteiger charge is 2.53. The molecule has 134 valence electrons. The molecule has 1 aliphatic carbocycles. The summed E-state index contributed by atoms with van der Waals surface area (Å²) in [7, 11) is 0. The lowest BCUT2D eigenvalue weighted by Crippen LogP contribution is -2.38. The molecule has 1 atom stereocenters. The van der Waals surface area contributed by atoms with Crippen LogP contribution in [-0.2, 0) is 6.54 Å². The van der Waals surface area contributed by atoms with Crippen LogP contribution in [0, 0.1) is 19.3 Å². The smallest absolute Gasteiger partial charge is 0.265 e. The molecule has 0 bridgehead atoms. The fraction of sp³-hybridized carbons (Fsp3) is 0.667. The Balaban J connectivity index is 1.62. The van der Waals surface area contributed by atoms with Crippen LogP contribution in [0.25, 0.3) is 0 Å². The Hall–Kier alpha value is -1.76. The molecule has 0 radical (unpaired) electrons. The van der Waals surface area contributed by atoms with Gasteiger partial charge in [0.05, 0.1) is 10.7 Å². The van der Waals surface area contributed by atoms with E-state index in [-0.39, 0.29) is 11.3 Å². The van der Waals surface area contributed by atoms with Gasteiger partial charge in [0.1, 0.15) is 17.0 Å². The summed E-state index contributed by atoms with van der Waals surface area (Å²) >= 11 is 1.51. The minimum Gasteiger partial charge on any atom is -0.337 e. The van der Waals surface area contributed by atoms with Crippen LogP contribution in [0.15, 0.2) is 6.33 Å². The molecule has 2 aromatic heterocycles. The van der Waals surface area contributed by atoms with E-state index >= 15 is 0 Å². The standard InChI is InChI=1S/C18H25N5OS/c1-4-8-22-11-19-21-16(22)14-9-23(10-18(14)6-5-7-18)17(24)15-12(2)20-13(3)25-15/h11,14H,4-10H2,1-3H3. The van der Waals surface area contributed by atoms with Crippen LogP contribution >= 0.6 is 11.3 Å². The van der Waals surface area contributed by atoms with Crippen LogP contribution in [0.3, 0.4) is 0 Å². The molecule has 1 saturated carbocycles. The molecule has 4 rings (SSSR count). The first kappa shape index (κ1) is 16.7. The number of thiazole rings is 1. The lowest BCUT2D eigenvalue weighted by Gasteiger charge is -2.42. The third kappa shape index (κ3) is 2.69. The molecule has 1 spiro atoms. The van der Waals surface area contributed by atoms with Gasteiger partial charge in [0, 0.05) is 25.6 Å². The maximum atomic E-state index is 13.1. The van der Waals surface area contributed by atoms with Gasteiger partial charge < -0.3 is 9.47 Å². The number of rotatable bonds is 4. The molecule has 7 heteroatoms. The van der Waals surface area contributed by atoms with E-state index < -0.39 is 0 Å². The van der Waals surface area contributed by atoms with E-state index in [1.54, 1.807) is 0 Å². The number of hydrogen-bond acceptors (Lipinski definition) is 5. The van der Waals surface area contributed by atoms with Crippen molar-refractivity contribution in [3.63, 3.8) is 0 Å². The first-order valence-electron chi connectivity index (χ1n) is 9.15. The first-order valence-corrected chi connectivity index (χ1v) is 9.97. The molecule has 1 saturated heterocycles.